The van der Waals surface area contributed by atoms with E-state index in [0.29, 0.717) is 0 Å². The third-order valence-corrected chi connectivity index (χ3v) is 0.959. The highest BCUT2D eigenvalue weighted by Gasteiger charge is 2.03. The van der Waals surface area contributed by atoms with Crippen molar-refractivity contribution in [3.05, 3.63) is 0 Å². The molecule has 0 bridgehead atoms. The summed E-state index contributed by atoms with van der Waals surface area (Å²) in [4.78, 5) is 9.88. The quantitative estimate of drug-likeness (QED) is 0.268. The highest BCUT2D eigenvalue weighted by molar-refractivity contribution is 6.29. The molecular weight excluding hydrogens is 146 g/mol. The zero-order valence-electron chi connectivity index (χ0n) is 4.54. The maximum atomic E-state index is 9.88. The van der Waals surface area contributed by atoms with Crippen LogP contribution in [0.1, 0.15) is 6.42 Å². The van der Waals surface area contributed by atoms with Crippen molar-refractivity contribution < 1.29 is 15.1 Å². The van der Waals surface area contributed by atoms with Gasteiger partial charge in [-0.25, -0.2) is 0 Å². The van der Waals surface area contributed by atoms with Crippen molar-refractivity contribution in [2.45, 2.75) is 6.42 Å². The second-order valence-electron chi connectivity index (χ2n) is 1.37. The lowest BCUT2D eigenvalue weighted by Gasteiger charge is -1.91. The van der Waals surface area contributed by atoms with Crippen LogP contribution in [0, 0.1) is 0 Å². The fourth-order valence-corrected chi connectivity index (χ4v) is 0.432. The van der Waals surface area contributed by atoms with Gasteiger partial charge in [0.2, 0.25) is 0 Å². The molecule has 5 heteroatoms. The molecule has 2 N–H and O–H groups in total. The number of alkyl halides is 1. The number of carboxylic acid groups (broad SMARTS) is 1. The lowest BCUT2D eigenvalue weighted by atomic mass is 10.3. The Labute approximate surface area is 56.7 Å². The van der Waals surface area contributed by atoms with Crippen LogP contribution in [-0.2, 0) is 4.79 Å². The molecule has 0 heterocycles. The molecule has 52 valence electrons. The molecule has 0 spiro atoms. The van der Waals surface area contributed by atoms with Gasteiger partial charge in [0.1, 0.15) is 0 Å². The Bertz CT molecular complexity index is 134. The lowest BCUT2D eigenvalue weighted by Crippen LogP contribution is -2.07. The van der Waals surface area contributed by atoms with E-state index in [1.54, 1.807) is 0 Å². The summed E-state index contributed by atoms with van der Waals surface area (Å²) in [6.45, 7) is 0. The molecule has 0 aromatic carbocycles. The van der Waals surface area contributed by atoms with E-state index in [2.05, 4.69) is 5.16 Å². The van der Waals surface area contributed by atoms with Crippen LogP contribution in [0.3, 0.4) is 0 Å². The maximum absolute atomic E-state index is 9.88. The van der Waals surface area contributed by atoms with Crippen LogP contribution in [0.2, 0.25) is 0 Å². The standard InChI is InChI=1S/C4H6ClNO3/c5-2-3(6-9)1-4(7)8/h9H,1-2H2,(H,7,8)/b6-3-. The van der Waals surface area contributed by atoms with Crippen LogP contribution in [0.4, 0.5) is 0 Å². The van der Waals surface area contributed by atoms with Crippen LogP contribution >= 0.6 is 11.6 Å². The van der Waals surface area contributed by atoms with Gasteiger partial charge in [-0.2, -0.15) is 0 Å². The number of carbonyl (C=O) groups is 1. The monoisotopic (exact) mass is 151 g/mol. The number of hydrogen-bond donors (Lipinski definition) is 2. The molecule has 0 saturated heterocycles. The van der Waals surface area contributed by atoms with Gasteiger partial charge in [-0.1, -0.05) is 5.16 Å². The molecule has 9 heavy (non-hydrogen) atoms. The molecule has 0 atom stereocenters. The van der Waals surface area contributed by atoms with Gasteiger partial charge >= 0.3 is 5.97 Å². The first-order chi connectivity index (χ1) is 4.20. The van der Waals surface area contributed by atoms with E-state index in [0.717, 1.165) is 0 Å². The van der Waals surface area contributed by atoms with Crippen molar-refractivity contribution >= 4 is 23.3 Å². The minimum atomic E-state index is -1.05. The number of hydrogen-bond acceptors (Lipinski definition) is 3. The van der Waals surface area contributed by atoms with Gasteiger partial charge in [-0.15, -0.1) is 11.6 Å². The van der Waals surface area contributed by atoms with E-state index >= 15 is 0 Å². The Balaban J connectivity index is 3.71. The van der Waals surface area contributed by atoms with Crippen molar-refractivity contribution in [3.63, 3.8) is 0 Å². The van der Waals surface area contributed by atoms with Gasteiger partial charge in [0.15, 0.2) is 0 Å². The fraction of sp³-hybridized carbons (Fsp3) is 0.500. The predicted molar refractivity (Wildman–Crippen MR) is 32.2 cm³/mol. The Hall–Kier alpha value is -0.770. The Morgan fingerprint density at radius 2 is 2.22 bits per heavy atom. The Morgan fingerprint density at radius 1 is 1.67 bits per heavy atom. The van der Waals surface area contributed by atoms with Crippen LogP contribution in [0.25, 0.3) is 0 Å². The van der Waals surface area contributed by atoms with E-state index < -0.39 is 5.97 Å². The minimum Gasteiger partial charge on any atom is -0.481 e. The molecule has 0 saturated carbocycles. The molecule has 0 aromatic rings. The highest BCUT2D eigenvalue weighted by Crippen LogP contribution is 1.89. The first-order valence-electron chi connectivity index (χ1n) is 2.18. The third-order valence-electron chi connectivity index (χ3n) is 0.651. The van der Waals surface area contributed by atoms with Crippen LogP contribution in [-0.4, -0.2) is 27.9 Å². The number of aliphatic carboxylic acids is 1. The van der Waals surface area contributed by atoms with Crippen molar-refractivity contribution in [2.75, 3.05) is 5.88 Å². The topological polar surface area (TPSA) is 69.9 Å². The molecule has 4 nitrogen and oxygen atoms in total. The number of rotatable bonds is 3. The van der Waals surface area contributed by atoms with Crippen molar-refractivity contribution in [1.82, 2.24) is 0 Å². The third kappa shape index (κ3) is 3.78. The second kappa shape index (κ2) is 4.14. The predicted octanol–water partition coefficient (Wildman–Crippen LogP) is 0.530. The Kier molecular flexibility index (Phi) is 3.79. The largest absolute Gasteiger partial charge is 0.481 e. The van der Waals surface area contributed by atoms with Gasteiger partial charge in [0.05, 0.1) is 18.0 Å². The van der Waals surface area contributed by atoms with E-state index in [1.807, 2.05) is 0 Å². The van der Waals surface area contributed by atoms with E-state index in [4.69, 9.17) is 21.9 Å². The molecule has 0 aliphatic heterocycles. The summed E-state index contributed by atoms with van der Waals surface area (Å²) in [7, 11) is 0. The summed E-state index contributed by atoms with van der Waals surface area (Å²) >= 11 is 5.16. The molecule has 0 amide bonds. The molecule has 0 aromatic heterocycles. The smallest absolute Gasteiger partial charge is 0.309 e. The number of carboxylic acids is 1. The van der Waals surface area contributed by atoms with Gasteiger partial charge in [-0.05, 0) is 0 Å². The average Bonchev–Trinajstić information content (AvgIpc) is 1.82. The van der Waals surface area contributed by atoms with Crippen molar-refractivity contribution in [2.24, 2.45) is 5.16 Å². The van der Waals surface area contributed by atoms with Gasteiger partial charge in [-0.3, -0.25) is 4.79 Å². The van der Waals surface area contributed by atoms with Crippen molar-refractivity contribution in [1.29, 1.82) is 0 Å². The number of oxime groups is 1. The number of nitrogens with zero attached hydrogens (tertiary/aromatic N) is 1. The van der Waals surface area contributed by atoms with Crippen LogP contribution < -0.4 is 0 Å². The van der Waals surface area contributed by atoms with E-state index in [9.17, 15) is 4.79 Å². The summed E-state index contributed by atoms with van der Waals surface area (Å²) in [5.41, 5.74) is 0.0594. The minimum absolute atomic E-state index is 0.0528. The fourth-order valence-electron chi connectivity index (χ4n) is 0.284. The molecular formula is C4H6ClNO3. The lowest BCUT2D eigenvalue weighted by molar-refractivity contribution is -0.135. The summed E-state index contributed by atoms with van der Waals surface area (Å²) in [5.74, 6) is -1.11. The number of halogens is 1. The van der Waals surface area contributed by atoms with Gasteiger partial charge in [0, 0.05) is 0 Å². The van der Waals surface area contributed by atoms with Crippen LogP contribution in [0.15, 0.2) is 5.16 Å². The van der Waals surface area contributed by atoms with Gasteiger partial charge < -0.3 is 10.3 Å². The summed E-state index contributed by atoms with van der Waals surface area (Å²) in [6, 6.07) is 0. The molecule has 0 radical (unpaired) electrons. The van der Waals surface area contributed by atoms with Crippen molar-refractivity contribution in [3.8, 4) is 0 Å². The molecule has 0 rings (SSSR count). The normalized spacial score (nSPS) is 11.4. The van der Waals surface area contributed by atoms with Gasteiger partial charge in [0.25, 0.3) is 0 Å². The highest BCUT2D eigenvalue weighted by atomic mass is 35.5. The first-order valence-corrected chi connectivity index (χ1v) is 2.71. The molecule has 0 unspecified atom stereocenters. The zero-order chi connectivity index (χ0) is 7.28. The summed E-state index contributed by atoms with van der Waals surface area (Å²) < 4.78 is 0. The molecule has 0 aliphatic rings. The SMILES string of the molecule is O=C(O)C/C(CCl)=N/O. The van der Waals surface area contributed by atoms with Crippen LogP contribution in [0.5, 0.6) is 0 Å². The van der Waals surface area contributed by atoms with E-state index in [1.165, 1.54) is 0 Å². The molecule has 0 aliphatic carbocycles. The summed E-state index contributed by atoms with van der Waals surface area (Å²) in [6.07, 6.45) is -0.306. The summed E-state index contributed by atoms with van der Waals surface area (Å²) in [5, 5.41) is 18.8. The average molecular weight is 152 g/mol. The second-order valence-corrected chi connectivity index (χ2v) is 1.64. The Morgan fingerprint density at radius 3 is 2.33 bits per heavy atom. The van der Waals surface area contributed by atoms with E-state index in [-0.39, 0.29) is 18.0 Å². The maximum Gasteiger partial charge on any atom is 0.309 e. The zero-order valence-corrected chi connectivity index (χ0v) is 5.30. The first kappa shape index (κ1) is 8.23. The molecule has 0 fully saturated rings.